The fourth-order valence-electron chi connectivity index (χ4n) is 0.812. The molecular formula is C7H16N3. The number of hydrogen-bond donors (Lipinski definition) is 0. The van der Waals surface area contributed by atoms with E-state index in [9.17, 15) is 0 Å². The summed E-state index contributed by atoms with van der Waals surface area (Å²) in [4.78, 5) is 8.04. The van der Waals surface area contributed by atoms with Gasteiger partial charge in [0.2, 0.25) is 0 Å². The molecule has 0 fully saturated rings. The van der Waals surface area contributed by atoms with Crippen LogP contribution in [0.1, 0.15) is 0 Å². The molecule has 0 rings (SSSR count). The largest absolute Gasteiger partial charge is 0.349 e. The molecule has 10 heavy (non-hydrogen) atoms. The van der Waals surface area contributed by atoms with Gasteiger partial charge >= 0.3 is 0 Å². The van der Waals surface area contributed by atoms with Crippen LogP contribution in [0.3, 0.4) is 0 Å². The molecule has 0 aromatic rings. The molecule has 0 N–H and O–H groups in total. The summed E-state index contributed by atoms with van der Waals surface area (Å²) >= 11 is 0. The van der Waals surface area contributed by atoms with Crippen LogP contribution >= 0.6 is 0 Å². The lowest BCUT2D eigenvalue weighted by Gasteiger charge is -2.24. The van der Waals surface area contributed by atoms with Crippen LogP contribution in [0.15, 0.2) is 4.99 Å². The van der Waals surface area contributed by atoms with Crippen LogP contribution < -0.4 is 0 Å². The fraction of sp³-hybridized carbons (Fsp3) is 0.714. The molecular weight excluding hydrogens is 126 g/mol. The van der Waals surface area contributed by atoms with E-state index in [1.54, 1.807) is 7.05 Å². The maximum Gasteiger partial charge on any atom is 0.195 e. The van der Waals surface area contributed by atoms with Crippen LogP contribution in [0.5, 0.6) is 0 Å². The third kappa shape index (κ3) is 2.25. The summed E-state index contributed by atoms with van der Waals surface area (Å²) in [5, 5.41) is 0. The van der Waals surface area contributed by atoms with E-state index in [4.69, 9.17) is 0 Å². The summed E-state index contributed by atoms with van der Waals surface area (Å²) in [6, 6.07) is 0. The van der Waals surface area contributed by atoms with Gasteiger partial charge in [-0.05, 0) is 6.92 Å². The van der Waals surface area contributed by atoms with Crippen LogP contribution in [0, 0.1) is 6.92 Å². The summed E-state index contributed by atoms with van der Waals surface area (Å²) in [7, 11) is 7.68. The predicted octanol–water partition coefficient (Wildman–Crippen LogP) is 0.300. The molecule has 0 saturated heterocycles. The molecule has 0 aliphatic rings. The van der Waals surface area contributed by atoms with Crippen molar-refractivity contribution in [2.75, 3.05) is 34.7 Å². The zero-order valence-corrected chi connectivity index (χ0v) is 7.26. The first-order valence-corrected chi connectivity index (χ1v) is 3.28. The minimum absolute atomic E-state index is 0.741. The number of nitrogens with zero attached hydrogens (tertiary/aromatic N) is 3. The fourth-order valence-corrected chi connectivity index (χ4v) is 0.812. The van der Waals surface area contributed by atoms with Gasteiger partial charge in [-0.2, -0.15) is 0 Å². The molecule has 0 unspecified atom stereocenters. The maximum atomic E-state index is 4.09. The van der Waals surface area contributed by atoms with E-state index in [2.05, 4.69) is 11.9 Å². The second-order valence-electron chi connectivity index (χ2n) is 2.34. The quantitative estimate of drug-likeness (QED) is 0.387. The van der Waals surface area contributed by atoms with E-state index in [1.807, 2.05) is 30.9 Å². The summed E-state index contributed by atoms with van der Waals surface area (Å²) < 4.78 is 0. The Morgan fingerprint density at radius 2 is 1.90 bits per heavy atom. The van der Waals surface area contributed by atoms with Crippen LogP contribution in [-0.2, 0) is 0 Å². The topological polar surface area (TPSA) is 18.8 Å². The summed E-state index contributed by atoms with van der Waals surface area (Å²) in [6.45, 7) is 4.50. The summed E-state index contributed by atoms with van der Waals surface area (Å²) in [5.74, 6) is 0.954. The van der Waals surface area contributed by atoms with Crippen molar-refractivity contribution in [2.24, 2.45) is 4.99 Å². The van der Waals surface area contributed by atoms with E-state index >= 15 is 0 Å². The van der Waals surface area contributed by atoms with Gasteiger partial charge in [0.25, 0.3) is 0 Å². The molecule has 0 saturated carbocycles. The molecule has 1 radical (unpaired) electrons. The molecule has 59 valence electrons. The van der Waals surface area contributed by atoms with E-state index in [0.29, 0.717) is 0 Å². The maximum absolute atomic E-state index is 4.09. The van der Waals surface area contributed by atoms with Gasteiger partial charge in [0, 0.05) is 34.7 Å². The number of hydrogen-bond acceptors (Lipinski definition) is 1. The third-order valence-corrected chi connectivity index (χ3v) is 1.28. The van der Waals surface area contributed by atoms with E-state index in [0.717, 1.165) is 12.5 Å². The minimum atomic E-state index is 0.741. The third-order valence-electron chi connectivity index (χ3n) is 1.28. The molecule has 3 nitrogen and oxygen atoms in total. The highest BCUT2D eigenvalue weighted by atomic mass is 15.3. The number of guanidine groups is 1. The molecule has 0 aromatic heterocycles. The Balaban J connectivity index is 4.08. The normalized spacial score (nSPS) is 11.5. The Bertz CT molecular complexity index is 118. The molecule has 0 amide bonds. The molecule has 0 atom stereocenters. The summed E-state index contributed by atoms with van der Waals surface area (Å²) in [6.07, 6.45) is 0. The highest BCUT2D eigenvalue weighted by molar-refractivity contribution is 5.79. The zero-order valence-electron chi connectivity index (χ0n) is 7.26. The van der Waals surface area contributed by atoms with E-state index < -0.39 is 0 Å². The van der Waals surface area contributed by atoms with Gasteiger partial charge in [-0.3, -0.25) is 4.99 Å². The van der Waals surface area contributed by atoms with Crippen LogP contribution in [-0.4, -0.2) is 50.5 Å². The monoisotopic (exact) mass is 142 g/mol. The van der Waals surface area contributed by atoms with Gasteiger partial charge in [-0.1, -0.05) is 0 Å². The Labute approximate surface area is 63.3 Å². The first kappa shape index (κ1) is 9.27. The Hall–Kier alpha value is -0.730. The minimum Gasteiger partial charge on any atom is -0.349 e. The van der Waals surface area contributed by atoms with Crippen molar-refractivity contribution in [3.63, 3.8) is 0 Å². The van der Waals surface area contributed by atoms with Crippen molar-refractivity contribution in [1.82, 2.24) is 9.80 Å². The number of rotatable bonds is 1. The average molecular weight is 142 g/mol. The van der Waals surface area contributed by atoms with Gasteiger partial charge in [0.05, 0.1) is 0 Å². The van der Waals surface area contributed by atoms with E-state index in [1.165, 1.54) is 0 Å². The van der Waals surface area contributed by atoms with Gasteiger partial charge in [-0.15, -0.1) is 0 Å². The number of aliphatic imine (C=N–C) groups is 1. The first-order valence-electron chi connectivity index (χ1n) is 3.28. The van der Waals surface area contributed by atoms with Crippen LogP contribution in [0.25, 0.3) is 0 Å². The van der Waals surface area contributed by atoms with Crippen molar-refractivity contribution < 1.29 is 0 Å². The summed E-state index contributed by atoms with van der Waals surface area (Å²) in [5.41, 5.74) is 0. The predicted molar refractivity (Wildman–Crippen MR) is 45.0 cm³/mol. The average Bonchev–Trinajstić information content (AvgIpc) is 1.88. The Morgan fingerprint density at radius 1 is 1.40 bits per heavy atom. The Kier molecular flexibility index (Phi) is 3.84. The molecule has 0 aliphatic heterocycles. The van der Waals surface area contributed by atoms with Gasteiger partial charge in [0.15, 0.2) is 5.96 Å². The SMILES string of the molecule is [CH2]CN(C)C(=NC)N(C)C. The van der Waals surface area contributed by atoms with Crippen LogP contribution in [0.4, 0.5) is 0 Å². The van der Waals surface area contributed by atoms with Gasteiger partial charge < -0.3 is 9.80 Å². The second-order valence-corrected chi connectivity index (χ2v) is 2.34. The van der Waals surface area contributed by atoms with Gasteiger partial charge in [-0.25, -0.2) is 0 Å². The highest BCUT2D eigenvalue weighted by Crippen LogP contribution is 1.89. The smallest absolute Gasteiger partial charge is 0.195 e. The molecule has 0 aliphatic carbocycles. The van der Waals surface area contributed by atoms with Crippen molar-refractivity contribution in [3.8, 4) is 0 Å². The molecule has 0 bridgehead atoms. The lowest BCUT2D eigenvalue weighted by molar-refractivity contribution is 0.454. The van der Waals surface area contributed by atoms with Crippen molar-refractivity contribution in [1.29, 1.82) is 0 Å². The van der Waals surface area contributed by atoms with Crippen LogP contribution in [0.2, 0.25) is 0 Å². The van der Waals surface area contributed by atoms with Crippen molar-refractivity contribution in [2.45, 2.75) is 0 Å². The van der Waals surface area contributed by atoms with Gasteiger partial charge in [0.1, 0.15) is 0 Å². The zero-order chi connectivity index (χ0) is 8.15. The second kappa shape index (κ2) is 4.14. The molecule has 0 aromatic carbocycles. The lowest BCUT2D eigenvalue weighted by atomic mass is 10.6. The van der Waals surface area contributed by atoms with E-state index in [-0.39, 0.29) is 0 Å². The lowest BCUT2D eigenvalue weighted by Crippen LogP contribution is -2.37. The molecule has 0 spiro atoms. The Morgan fingerprint density at radius 3 is 2.00 bits per heavy atom. The standard InChI is InChI=1S/C7H16N3/c1-6-10(5)7(8-2)9(3)4/h1,6H2,2-5H3. The van der Waals surface area contributed by atoms with Crippen molar-refractivity contribution >= 4 is 5.96 Å². The van der Waals surface area contributed by atoms with Crippen molar-refractivity contribution in [3.05, 3.63) is 6.92 Å². The molecule has 0 heterocycles. The highest BCUT2D eigenvalue weighted by Gasteiger charge is 2.03. The molecule has 3 heteroatoms. The first-order chi connectivity index (χ1) is 4.63.